The summed E-state index contributed by atoms with van der Waals surface area (Å²) in [7, 11) is 1.46. The number of aromatic nitrogens is 1. The molecule has 0 radical (unpaired) electrons. The van der Waals surface area contributed by atoms with Gasteiger partial charge in [-0.05, 0) is 18.2 Å². The molecule has 6 nitrogen and oxygen atoms in total. The number of aromatic amines is 1. The quantitative estimate of drug-likeness (QED) is 0.739. The number of carbonyl (C=O) groups excluding carboxylic acids is 1. The number of H-pyrrole nitrogens is 1. The van der Waals surface area contributed by atoms with Crippen molar-refractivity contribution in [1.29, 1.82) is 0 Å². The molecule has 1 heterocycles. The number of thiocarbonyl (C=S) groups is 1. The predicted molar refractivity (Wildman–Crippen MR) is 83.9 cm³/mol. The molecule has 1 aromatic heterocycles. The molecular weight excluding hydrogens is 290 g/mol. The van der Waals surface area contributed by atoms with Crippen molar-refractivity contribution in [3.8, 4) is 5.75 Å². The van der Waals surface area contributed by atoms with Gasteiger partial charge >= 0.3 is 0 Å². The molecule has 7 heteroatoms. The van der Waals surface area contributed by atoms with Crippen LogP contribution in [0.3, 0.4) is 0 Å². The zero-order valence-electron chi connectivity index (χ0n) is 11.2. The van der Waals surface area contributed by atoms with Gasteiger partial charge in [0.1, 0.15) is 16.3 Å². The number of nitrogens with two attached hydrogens (primary N) is 1. The summed E-state index contributed by atoms with van der Waals surface area (Å²) in [5.74, 6) is -0.126. The van der Waals surface area contributed by atoms with Crippen LogP contribution in [-0.2, 0) is 0 Å². The van der Waals surface area contributed by atoms with Crippen LogP contribution in [-0.4, -0.2) is 23.0 Å². The van der Waals surface area contributed by atoms with Crippen molar-refractivity contribution in [2.24, 2.45) is 5.73 Å². The maximum absolute atomic E-state index is 12.1. The SMILES string of the molecule is COc1cc(C(N)=S)ccc1NC(=O)c1c[nH]ccc1=O. The van der Waals surface area contributed by atoms with Crippen LogP contribution in [0.15, 0.2) is 41.5 Å². The van der Waals surface area contributed by atoms with E-state index < -0.39 is 5.91 Å². The van der Waals surface area contributed by atoms with Gasteiger partial charge in [-0.1, -0.05) is 12.2 Å². The predicted octanol–water partition coefficient (Wildman–Crippen LogP) is 1.27. The summed E-state index contributed by atoms with van der Waals surface area (Å²) in [5.41, 5.74) is 6.23. The van der Waals surface area contributed by atoms with Crippen molar-refractivity contribution >= 4 is 28.8 Å². The number of amides is 1. The lowest BCUT2D eigenvalue weighted by Gasteiger charge is -2.11. The van der Waals surface area contributed by atoms with E-state index in [9.17, 15) is 9.59 Å². The summed E-state index contributed by atoms with van der Waals surface area (Å²) in [6.45, 7) is 0. The van der Waals surface area contributed by atoms with Crippen LogP contribution in [0.5, 0.6) is 5.75 Å². The van der Waals surface area contributed by atoms with Crippen LogP contribution in [0, 0.1) is 0 Å². The fraction of sp³-hybridized carbons (Fsp3) is 0.0714. The minimum Gasteiger partial charge on any atom is -0.495 e. The third-order valence-electron chi connectivity index (χ3n) is 2.80. The summed E-state index contributed by atoms with van der Waals surface area (Å²) < 4.78 is 5.19. The average molecular weight is 303 g/mol. The highest BCUT2D eigenvalue weighted by Crippen LogP contribution is 2.25. The topological polar surface area (TPSA) is 97.2 Å². The number of anilines is 1. The molecule has 0 unspecified atom stereocenters. The van der Waals surface area contributed by atoms with Gasteiger partial charge in [-0.15, -0.1) is 0 Å². The fourth-order valence-electron chi connectivity index (χ4n) is 1.73. The molecule has 4 N–H and O–H groups in total. The van der Waals surface area contributed by atoms with Crippen LogP contribution >= 0.6 is 12.2 Å². The van der Waals surface area contributed by atoms with E-state index in [0.717, 1.165) is 0 Å². The van der Waals surface area contributed by atoms with Crippen LogP contribution in [0.2, 0.25) is 0 Å². The molecule has 0 saturated carbocycles. The lowest BCUT2D eigenvalue weighted by molar-refractivity contribution is 0.102. The fourth-order valence-corrected chi connectivity index (χ4v) is 1.86. The van der Waals surface area contributed by atoms with Gasteiger partial charge in [0, 0.05) is 24.0 Å². The second-order valence-corrected chi connectivity index (χ2v) is 4.60. The van der Waals surface area contributed by atoms with Gasteiger partial charge in [0.15, 0.2) is 5.43 Å². The molecule has 1 aromatic carbocycles. The van der Waals surface area contributed by atoms with Gasteiger partial charge in [-0.25, -0.2) is 0 Å². The first-order valence-corrected chi connectivity index (χ1v) is 6.40. The van der Waals surface area contributed by atoms with Crippen molar-refractivity contribution < 1.29 is 9.53 Å². The van der Waals surface area contributed by atoms with Gasteiger partial charge < -0.3 is 20.8 Å². The summed E-state index contributed by atoms with van der Waals surface area (Å²) in [5, 5.41) is 2.62. The zero-order chi connectivity index (χ0) is 15.4. The summed E-state index contributed by atoms with van der Waals surface area (Å²) >= 11 is 4.88. The zero-order valence-corrected chi connectivity index (χ0v) is 12.0. The number of benzene rings is 1. The lowest BCUT2D eigenvalue weighted by Crippen LogP contribution is -2.21. The van der Waals surface area contributed by atoms with Crippen molar-refractivity contribution in [2.45, 2.75) is 0 Å². The molecule has 108 valence electrons. The Morgan fingerprint density at radius 2 is 2.14 bits per heavy atom. The number of rotatable bonds is 4. The Kier molecular flexibility index (Phi) is 4.34. The first-order chi connectivity index (χ1) is 10.0. The van der Waals surface area contributed by atoms with Crippen molar-refractivity contribution in [2.75, 3.05) is 12.4 Å². The highest BCUT2D eigenvalue weighted by molar-refractivity contribution is 7.80. The maximum atomic E-state index is 12.1. The van der Waals surface area contributed by atoms with Crippen molar-refractivity contribution in [3.05, 3.63) is 58.0 Å². The Morgan fingerprint density at radius 1 is 1.38 bits per heavy atom. The molecule has 0 aliphatic heterocycles. The Bertz CT molecular complexity index is 755. The third kappa shape index (κ3) is 3.26. The summed E-state index contributed by atoms with van der Waals surface area (Å²) in [6.07, 6.45) is 2.80. The van der Waals surface area contributed by atoms with Crippen LogP contribution in [0.4, 0.5) is 5.69 Å². The van der Waals surface area contributed by atoms with Gasteiger partial charge in [0.25, 0.3) is 5.91 Å². The van der Waals surface area contributed by atoms with Crippen LogP contribution < -0.4 is 21.2 Å². The van der Waals surface area contributed by atoms with Gasteiger partial charge in [-0.3, -0.25) is 9.59 Å². The first kappa shape index (κ1) is 14.7. The minimum absolute atomic E-state index is 0.0120. The van der Waals surface area contributed by atoms with Gasteiger partial charge in [-0.2, -0.15) is 0 Å². The second-order valence-electron chi connectivity index (χ2n) is 4.16. The van der Waals surface area contributed by atoms with Crippen molar-refractivity contribution in [1.82, 2.24) is 4.98 Å². The van der Waals surface area contributed by atoms with E-state index in [1.807, 2.05) is 0 Å². The third-order valence-corrected chi connectivity index (χ3v) is 3.04. The second kappa shape index (κ2) is 6.19. The van der Waals surface area contributed by atoms with Crippen LogP contribution in [0.25, 0.3) is 0 Å². The number of pyridine rings is 1. The largest absolute Gasteiger partial charge is 0.495 e. The van der Waals surface area contributed by atoms with Crippen molar-refractivity contribution in [3.63, 3.8) is 0 Å². The van der Waals surface area contributed by atoms with E-state index in [1.54, 1.807) is 18.2 Å². The molecule has 1 amide bonds. The Balaban J connectivity index is 2.31. The molecule has 0 aliphatic carbocycles. The molecule has 2 rings (SSSR count). The van der Waals surface area contributed by atoms with Crippen LogP contribution in [0.1, 0.15) is 15.9 Å². The molecule has 21 heavy (non-hydrogen) atoms. The van der Waals surface area contributed by atoms with E-state index in [1.165, 1.54) is 25.6 Å². The standard InChI is InChI=1S/C14H13N3O3S/c1-20-12-6-8(13(15)21)2-3-10(12)17-14(19)9-7-16-5-4-11(9)18/h2-7H,1H3,(H2,15,21)(H,16,18)(H,17,19). The highest BCUT2D eigenvalue weighted by Gasteiger charge is 2.13. The number of nitrogens with one attached hydrogen (secondary N) is 2. The number of ether oxygens (including phenoxy) is 1. The molecule has 0 bridgehead atoms. The van der Waals surface area contributed by atoms with E-state index in [2.05, 4.69) is 10.3 Å². The van der Waals surface area contributed by atoms with E-state index >= 15 is 0 Å². The normalized spacial score (nSPS) is 9.95. The number of carbonyl (C=O) groups is 1. The number of methoxy groups -OCH3 is 1. The number of hydrogen-bond acceptors (Lipinski definition) is 4. The first-order valence-electron chi connectivity index (χ1n) is 5.99. The summed E-state index contributed by atoms with van der Waals surface area (Å²) in [6, 6.07) is 6.17. The minimum atomic E-state index is -0.529. The molecule has 0 atom stereocenters. The Hall–Kier alpha value is -2.67. The highest BCUT2D eigenvalue weighted by atomic mass is 32.1. The molecule has 0 spiro atoms. The Morgan fingerprint density at radius 3 is 2.76 bits per heavy atom. The van der Waals surface area contributed by atoms with E-state index in [4.69, 9.17) is 22.7 Å². The molecular formula is C14H13N3O3S. The molecule has 0 aliphatic rings. The average Bonchev–Trinajstić information content (AvgIpc) is 2.47. The smallest absolute Gasteiger partial charge is 0.261 e. The maximum Gasteiger partial charge on any atom is 0.261 e. The molecule has 0 fully saturated rings. The lowest BCUT2D eigenvalue weighted by atomic mass is 10.1. The Labute approximate surface area is 125 Å². The van der Waals surface area contributed by atoms with Gasteiger partial charge in [0.05, 0.1) is 12.8 Å². The molecule has 2 aromatic rings. The number of hydrogen-bond donors (Lipinski definition) is 3. The monoisotopic (exact) mass is 303 g/mol. The summed E-state index contributed by atoms with van der Waals surface area (Å²) in [4.78, 5) is 26.6. The van der Waals surface area contributed by atoms with E-state index in [0.29, 0.717) is 17.0 Å². The molecule has 0 saturated heterocycles. The van der Waals surface area contributed by atoms with Gasteiger partial charge in [0.2, 0.25) is 0 Å². The van der Waals surface area contributed by atoms with E-state index in [-0.39, 0.29) is 16.0 Å².